The number of hydrogen-bond acceptors (Lipinski definition) is 5. The van der Waals surface area contributed by atoms with Crippen molar-refractivity contribution in [2.45, 2.75) is 32.5 Å². The number of carbonyl (C=O) groups excluding carboxylic acids is 1. The van der Waals surface area contributed by atoms with E-state index in [4.69, 9.17) is 4.42 Å². The fourth-order valence-corrected chi connectivity index (χ4v) is 4.47. The number of aromatic nitrogens is 1. The molecule has 2 N–H and O–H groups in total. The number of nitrogens with one attached hydrogen (secondary N) is 2. The number of aryl methyl sites for hydroxylation is 1. The lowest BCUT2D eigenvalue weighted by Gasteiger charge is -2.15. The SMILES string of the molecule is Cc1c(CN(C)C(=O)/C=C/c2cnc3c(c2)CN[C@@H](Cc2ccccc2)CN3)oc2ccccc12. The molecule has 6 nitrogen and oxygen atoms in total. The highest BCUT2D eigenvalue weighted by atomic mass is 16.3. The number of likely N-dealkylation sites (N-methyl/N-ethyl adjacent to an activating group) is 1. The van der Waals surface area contributed by atoms with Gasteiger partial charge in [-0.15, -0.1) is 0 Å². The summed E-state index contributed by atoms with van der Waals surface area (Å²) < 4.78 is 5.96. The molecule has 0 spiro atoms. The van der Waals surface area contributed by atoms with Gasteiger partial charge in [0.2, 0.25) is 5.91 Å². The molecule has 6 heteroatoms. The fraction of sp³-hybridized carbons (Fsp3) is 0.241. The molecule has 2 aromatic carbocycles. The molecule has 0 aliphatic carbocycles. The zero-order valence-electron chi connectivity index (χ0n) is 20.1. The van der Waals surface area contributed by atoms with E-state index in [0.29, 0.717) is 12.6 Å². The molecule has 0 saturated carbocycles. The number of fused-ring (bicyclic) bond motifs is 2. The Bertz CT molecular complexity index is 1360. The Morgan fingerprint density at radius 2 is 1.97 bits per heavy atom. The third-order valence-corrected chi connectivity index (χ3v) is 6.53. The van der Waals surface area contributed by atoms with Gasteiger partial charge in [0.05, 0.1) is 6.54 Å². The molecule has 0 fully saturated rings. The van der Waals surface area contributed by atoms with Gasteiger partial charge in [0.1, 0.15) is 17.2 Å². The van der Waals surface area contributed by atoms with Gasteiger partial charge in [-0.05, 0) is 42.7 Å². The normalized spacial score (nSPS) is 15.5. The van der Waals surface area contributed by atoms with Crippen molar-refractivity contribution < 1.29 is 9.21 Å². The first kappa shape index (κ1) is 22.9. The van der Waals surface area contributed by atoms with Crippen molar-refractivity contribution >= 4 is 28.8 Å². The van der Waals surface area contributed by atoms with E-state index >= 15 is 0 Å². The first-order chi connectivity index (χ1) is 17.1. The Morgan fingerprint density at radius 3 is 2.80 bits per heavy atom. The number of benzene rings is 2. The number of pyridine rings is 1. The standard InChI is InChI=1S/C29H30N4O2/c1-20-25-10-6-7-11-26(25)35-27(20)19-33(2)28(34)13-12-22-14-23-17-30-24(18-32-29(23)31-16-22)15-21-8-4-3-5-9-21/h3-14,16,24,30H,15,17-19H2,1-2H3,(H,31,32)/b13-12+/t24-/m0/s1. The summed E-state index contributed by atoms with van der Waals surface area (Å²) in [6.45, 7) is 3.99. The van der Waals surface area contributed by atoms with Crippen LogP contribution in [0.15, 0.2) is 77.4 Å². The molecule has 1 amide bonds. The van der Waals surface area contributed by atoms with Crippen LogP contribution in [0.25, 0.3) is 17.0 Å². The second-order valence-corrected chi connectivity index (χ2v) is 9.10. The highest BCUT2D eigenvalue weighted by Gasteiger charge is 2.17. The second kappa shape index (κ2) is 10.2. The van der Waals surface area contributed by atoms with Crippen molar-refractivity contribution in [1.82, 2.24) is 15.2 Å². The maximum Gasteiger partial charge on any atom is 0.246 e. The predicted molar refractivity (Wildman–Crippen MR) is 140 cm³/mol. The first-order valence-corrected chi connectivity index (χ1v) is 12.0. The van der Waals surface area contributed by atoms with Crippen molar-refractivity contribution in [1.29, 1.82) is 0 Å². The number of hydrogen-bond donors (Lipinski definition) is 2. The summed E-state index contributed by atoms with van der Waals surface area (Å²) in [6, 6.07) is 20.9. The molecule has 0 radical (unpaired) electrons. The fourth-order valence-electron chi connectivity index (χ4n) is 4.47. The van der Waals surface area contributed by atoms with Crippen molar-refractivity contribution in [3.8, 4) is 0 Å². The van der Waals surface area contributed by atoms with Crippen LogP contribution >= 0.6 is 0 Å². The number of anilines is 1. The predicted octanol–water partition coefficient (Wildman–Crippen LogP) is 4.93. The summed E-state index contributed by atoms with van der Waals surface area (Å²) in [4.78, 5) is 19.0. The lowest BCUT2D eigenvalue weighted by atomic mass is 10.1. The third-order valence-electron chi connectivity index (χ3n) is 6.53. The topological polar surface area (TPSA) is 70.4 Å². The average molecular weight is 467 g/mol. The molecule has 1 aliphatic heterocycles. The van der Waals surface area contributed by atoms with Crippen LogP contribution in [0, 0.1) is 6.92 Å². The van der Waals surface area contributed by atoms with Gasteiger partial charge in [0, 0.05) is 55.0 Å². The van der Waals surface area contributed by atoms with Crippen LogP contribution in [-0.4, -0.2) is 35.4 Å². The summed E-state index contributed by atoms with van der Waals surface area (Å²) in [7, 11) is 1.79. The van der Waals surface area contributed by atoms with E-state index in [1.165, 1.54) is 5.56 Å². The number of nitrogens with zero attached hydrogens (tertiary/aromatic N) is 2. The minimum Gasteiger partial charge on any atom is -0.459 e. The van der Waals surface area contributed by atoms with Crippen LogP contribution < -0.4 is 10.6 Å². The number of furan rings is 1. The molecule has 3 heterocycles. The van der Waals surface area contributed by atoms with Gasteiger partial charge in [-0.3, -0.25) is 4.79 Å². The number of rotatable bonds is 6. The summed E-state index contributed by atoms with van der Waals surface area (Å²) in [5.41, 5.74) is 5.23. The molecular formula is C29H30N4O2. The Morgan fingerprint density at radius 1 is 1.17 bits per heavy atom. The summed E-state index contributed by atoms with van der Waals surface area (Å²) in [5, 5.41) is 8.18. The van der Waals surface area contributed by atoms with E-state index in [-0.39, 0.29) is 5.91 Å². The average Bonchev–Trinajstić information content (AvgIpc) is 3.06. The van der Waals surface area contributed by atoms with Gasteiger partial charge >= 0.3 is 0 Å². The lowest BCUT2D eigenvalue weighted by molar-refractivity contribution is -0.125. The van der Waals surface area contributed by atoms with Crippen LogP contribution in [0.4, 0.5) is 5.82 Å². The van der Waals surface area contributed by atoms with Crippen LogP contribution in [0.5, 0.6) is 0 Å². The highest BCUT2D eigenvalue weighted by molar-refractivity contribution is 5.91. The van der Waals surface area contributed by atoms with E-state index in [1.54, 1.807) is 24.2 Å². The van der Waals surface area contributed by atoms with Crippen LogP contribution in [0.2, 0.25) is 0 Å². The molecule has 0 unspecified atom stereocenters. The van der Waals surface area contributed by atoms with Gasteiger partial charge in [-0.25, -0.2) is 4.98 Å². The zero-order chi connectivity index (χ0) is 24.2. The smallest absolute Gasteiger partial charge is 0.246 e. The molecule has 1 aliphatic rings. The molecule has 5 rings (SSSR count). The lowest BCUT2D eigenvalue weighted by Crippen LogP contribution is -2.34. The Labute approximate surface area is 205 Å². The van der Waals surface area contributed by atoms with Crippen molar-refractivity contribution in [3.63, 3.8) is 0 Å². The molecule has 178 valence electrons. The Balaban J connectivity index is 1.21. The first-order valence-electron chi connectivity index (χ1n) is 12.0. The maximum atomic E-state index is 12.8. The maximum absolute atomic E-state index is 12.8. The van der Waals surface area contributed by atoms with Gasteiger partial charge in [0.15, 0.2) is 0 Å². The van der Waals surface area contributed by atoms with E-state index in [2.05, 4.69) is 45.9 Å². The van der Waals surface area contributed by atoms with Crippen molar-refractivity contribution in [2.75, 3.05) is 18.9 Å². The van der Waals surface area contributed by atoms with Crippen molar-refractivity contribution in [3.05, 3.63) is 101 Å². The highest BCUT2D eigenvalue weighted by Crippen LogP contribution is 2.26. The van der Waals surface area contributed by atoms with Crippen LogP contribution in [0.3, 0.4) is 0 Å². The molecule has 35 heavy (non-hydrogen) atoms. The largest absolute Gasteiger partial charge is 0.459 e. The van der Waals surface area contributed by atoms with Gasteiger partial charge < -0.3 is 20.0 Å². The number of para-hydroxylation sites is 1. The molecule has 2 aromatic heterocycles. The van der Waals surface area contributed by atoms with Gasteiger partial charge in [-0.1, -0.05) is 48.5 Å². The van der Waals surface area contributed by atoms with Crippen LogP contribution in [-0.2, 0) is 24.3 Å². The molecule has 0 bridgehead atoms. The van der Waals surface area contributed by atoms with Crippen LogP contribution in [0.1, 0.15) is 28.0 Å². The molecule has 1 atom stereocenters. The summed E-state index contributed by atoms with van der Waals surface area (Å²) in [6.07, 6.45) is 6.18. The number of amides is 1. The molecule has 0 saturated heterocycles. The minimum atomic E-state index is -0.0843. The zero-order valence-corrected chi connectivity index (χ0v) is 20.1. The number of carbonyl (C=O) groups is 1. The third kappa shape index (κ3) is 5.28. The second-order valence-electron chi connectivity index (χ2n) is 9.10. The Kier molecular flexibility index (Phi) is 6.64. The summed E-state index contributed by atoms with van der Waals surface area (Å²) >= 11 is 0. The van der Waals surface area contributed by atoms with E-state index in [0.717, 1.165) is 58.7 Å². The summed E-state index contributed by atoms with van der Waals surface area (Å²) in [5.74, 6) is 1.62. The van der Waals surface area contributed by atoms with Gasteiger partial charge in [0.25, 0.3) is 0 Å². The molecular weight excluding hydrogens is 436 g/mol. The van der Waals surface area contributed by atoms with Crippen molar-refractivity contribution in [2.24, 2.45) is 0 Å². The van der Waals surface area contributed by atoms with E-state index in [9.17, 15) is 4.79 Å². The minimum absolute atomic E-state index is 0.0843. The van der Waals surface area contributed by atoms with E-state index < -0.39 is 0 Å². The quantitative estimate of drug-likeness (QED) is 0.394. The van der Waals surface area contributed by atoms with Gasteiger partial charge in [-0.2, -0.15) is 0 Å². The Hall–Kier alpha value is -3.90. The van der Waals surface area contributed by atoms with E-state index in [1.807, 2.05) is 43.3 Å². The molecule has 4 aromatic rings. The monoisotopic (exact) mass is 466 g/mol.